The van der Waals surface area contributed by atoms with E-state index in [9.17, 15) is 0 Å². The first-order chi connectivity index (χ1) is 5.08. The molecule has 0 radical (unpaired) electrons. The molecule has 1 saturated heterocycles. The second-order valence-corrected chi connectivity index (χ2v) is 5.06. The highest BCUT2D eigenvalue weighted by atomic mass is 35.6. The van der Waals surface area contributed by atoms with E-state index in [4.69, 9.17) is 39.5 Å². The summed E-state index contributed by atoms with van der Waals surface area (Å²) in [6.07, 6.45) is 0.498. The van der Waals surface area contributed by atoms with E-state index in [1.165, 1.54) is 0 Å². The number of hydrogen-bond acceptors (Lipinski definition) is 2. The Balaban J connectivity index is 2.24. The van der Waals surface area contributed by atoms with Crippen molar-refractivity contribution in [3.05, 3.63) is 0 Å². The third kappa shape index (κ3) is 4.38. The van der Waals surface area contributed by atoms with E-state index in [1.54, 1.807) is 0 Å². The minimum Gasteiger partial charge on any atom is -0.379 e. The fraction of sp³-hybridized carbons (Fsp3) is 1.00. The Labute approximate surface area is 81.1 Å². The van der Waals surface area contributed by atoms with Crippen molar-refractivity contribution < 1.29 is 4.74 Å². The number of halogens is 3. The Bertz CT molecular complexity index is 119. The highest BCUT2D eigenvalue weighted by molar-refractivity contribution is 6.67. The van der Waals surface area contributed by atoms with Crippen molar-refractivity contribution in [2.24, 2.45) is 0 Å². The Morgan fingerprint density at radius 1 is 1.45 bits per heavy atom. The first-order valence-corrected chi connectivity index (χ1v) is 4.59. The van der Waals surface area contributed by atoms with Gasteiger partial charge in [-0.25, -0.2) is 0 Å². The van der Waals surface area contributed by atoms with Crippen LogP contribution in [0.1, 0.15) is 6.42 Å². The quantitative estimate of drug-likeness (QED) is 0.677. The van der Waals surface area contributed by atoms with Gasteiger partial charge in [0.2, 0.25) is 0 Å². The van der Waals surface area contributed by atoms with Crippen LogP contribution in [0.25, 0.3) is 0 Å². The summed E-state index contributed by atoms with van der Waals surface area (Å²) in [4.78, 5) is 0. The average molecular weight is 219 g/mol. The molecule has 5 heteroatoms. The van der Waals surface area contributed by atoms with E-state index in [2.05, 4.69) is 5.32 Å². The lowest BCUT2D eigenvalue weighted by atomic mass is 10.2. The summed E-state index contributed by atoms with van der Waals surface area (Å²) in [5, 5.41) is 3.20. The highest BCUT2D eigenvalue weighted by Crippen LogP contribution is 2.31. The molecule has 0 aliphatic carbocycles. The molecule has 0 saturated carbocycles. The predicted octanol–water partition coefficient (Wildman–Crippen LogP) is 1.74. The van der Waals surface area contributed by atoms with Crippen LogP contribution in [0, 0.1) is 0 Å². The molecule has 1 N–H and O–H groups in total. The molecule has 66 valence electrons. The molecule has 1 fully saturated rings. The molecule has 1 rings (SSSR count). The van der Waals surface area contributed by atoms with Gasteiger partial charge in [0, 0.05) is 19.0 Å². The number of nitrogens with one attached hydrogen (secondary N) is 1. The van der Waals surface area contributed by atoms with Crippen molar-refractivity contribution in [1.29, 1.82) is 0 Å². The standard InChI is InChI=1S/C6H10Cl3NO/c7-6(8,9)3-5-4-11-2-1-10-5/h5,10H,1-4H2. The molecular formula is C6H10Cl3NO. The molecule has 1 unspecified atom stereocenters. The fourth-order valence-electron chi connectivity index (χ4n) is 1.03. The van der Waals surface area contributed by atoms with Gasteiger partial charge in [-0.15, -0.1) is 0 Å². The molecule has 1 heterocycles. The van der Waals surface area contributed by atoms with Crippen molar-refractivity contribution >= 4 is 34.8 Å². The maximum Gasteiger partial charge on any atom is 0.192 e. The zero-order valence-corrected chi connectivity index (χ0v) is 8.22. The summed E-state index contributed by atoms with van der Waals surface area (Å²) >= 11 is 16.8. The van der Waals surface area contributed by atoms with Gasteiger partial charge in [0.1, 0.15) is 0 Å². The third-order valence-electron chi connectivity index (χ3n) is 1.48. The van der Waals surface area contributed by atoms with E-state index in [0.717, 1.165) is 13.2 Å². The van der Waals surface area contributed by atoms with Crippen molar-refractivity contribution in [3.8, 4) is 0 Å². The first kappa shape index (κ1) is 9.87. The van der Waals surface area contributed by atoms with Crippen LogP contribution in [0.3, 0.4) is 0 Å². The molecule has 11 heavy (non-hydrogen) atoms. The van der Waals surface area contributed by atoms with Gasteiger partial charge in [-0.2, -0.15) is 0 Å². The lowest BCUT2D eigenvalue weighted by Crippen LogP contribution is -2.43. The molecule has 1 atom stereocenters. The second kappa shape index (κ2) is 4.15. The van der Waals surface area contributed by atoms with Crippen molar-refractivity contribution in [3.63, 3.8) is 0 Å². The lowest BCUT2D eigenvalue weighted by molar-refractivity contribution is 0.0746. The minimum atomic E-state index is -1.17. The van der Waals surface area contributed by atoms with Crippen LogP contribution in [-0.2, 0) is 4.74 Å². The van der Waals surface area contributed by atoms with E-state index < -0.39 is 3.79 Å². The van der Waals surface area contributed by atoms with Gasteiger partial charge in [0.15, 0.2) is 3.79 Å². The number of hydrogen-bond donors (Lipinski definition) is 1. The molecule has 0 spiro atoms. The topological polar surface area (TPSA) is 21.3 Å². The largest absolute Gasteiger partial charge is 0.379 e. The van der Waals surface area contributed by atoms with Gasteiger partial charge in [-0.3, -0.25) is 0 Å². The van der Waals surface area contributed by atoms with Crippen molar-refractivity contribution in [2.45, 2.75) is 16.3 Å². The molecule has 1 aliphatic heterocycles. The number of alkyl halides is 3. The highest BCUT2D eigenvalue weighted by Gasteiger charge is 2.26. The monoisotopic (exact) mass is 217 g/mol. The van der Waals surface area contributed by atoms with Crippen LogP contribution < -0.4 is 5.32 Å². The van der Waals surface area contributed by atoms with Crippen LogP contribution in [0.2, 0.25) is 0 Å². The van der Waals surface area contributed by atoms with Crippen LogP contribution in [0.15, 0.2) is 0 Å². The van der Waals surface area contributed by atoms with Crippen LogP contribution in [0.4, 0.5) is 0 Å². The van der Waals surface area contributed by atoms with Crippen LogP contribution >= 0.6 is 34.8 Å². The third-order valence-corrected chi connectivity index (χ3v) is 1.94. The van der Waals surface area contributed by atoms with Crippen molar-refractivity contribution in [2.75, 3.05) is 19.8 Å². The minimum absolute atomic E-state index is 0.177. The zero-order valence-electron chi connectivity index (χ0n) is 5.95. The SMILES string of the molecule is ClC(Cl)(Cl)CC1COCCN1. The van der Waals surface area contributed by atoms with Gasteiger partial charge in [0.25, 0.3) is 0 Å². The van der Waals surface area contributed by atoms with E-state index in [1.807, 2.05) is 0 Å². The van der Waals surface area contributed by atoms with E-state index >= 15 is 0 Å². The van der Waals surface area contributed by atoms with Gasteiger partial charge in [-0.1, -0.05) is 34.8 Å². The maximum absolute atomic E-state index is 5.60. The zero-order chi connectivity index (χ0) is 8.32. The summed E-state index contributed by atoms with van der Waals surface area (Å²) in [5.41, 5.74) is 0. The Kier molecular flexibility index (Phi) is 3.72. The molecule has 2 nitrogen and oxygen atoms in total. The van der Waals surface area contributed by atoms with Gasteiger partial charge < -0.3 is 10.1 Å². The van der Waals surface area contributed by atoms with Crippen LogP contribution in [0.5, 0.6) is 0 Å². The Hall–Kier alpha value is 0.790. The van der Waals surface area contributed by atoms with Crippen molar-refractivity contribution in [1.82, 2.24) is 5.32 Å². The fourth-order valence-corrected chi connectivity index (χ4v) is 1.59. The van der Waals surface area contributed by atoms with E-state index in [0.29, 0.717) is 13.0 Å². The van der Waals surface area contributed by atoms with Gasteiger partial charge in [0.05, 0.1) is 13.2 Å². The van der Waals surface area contributed by atoms with Gasteiger partial charge >= 0.3 is 0 Å². The summed E-state index contributed by atoms with van der Waals surface area (Å²) < 4.78 is 4.02. The number of ether oxygens (including phenoxy) is 1. The molecule has 0 bridgehead atoms. The second-order valence-electron chi connectivity index (χ2n) is 2.55. The molecule has 1 aliphatic rings. The molecule has 0 aromatic rings. The lowest BCUT2D eigenvalue weighted by Gasteiger charge is -2.26. The van der Waals surface area contributed by atoms with E-state index in [-0.39, 0.29) is 6.04 Å². The van der Waals surface area contributed by atoms with Gasteiger partial charge in [-0.05, 0) is 0 Å². The Morgan fingerprint density at radius 2 is 2.18 bits per heavy atom. The summed E-state index contributed by atoms with van der Waals surface area (Å²) in [7, 11) is 0. The Morgan fingerprint density at radius 3 is 2.64 bits per heavy atom. The predicted molar refractivity (Wildman–Crippen MR) is 47.5 cm³/mol. The molecule has 0 aromatic heterocycles. The number of morpholine rings is 1. The summed E-state index contributed by atoms with van der Waals surface area (Å²) in [6, 6.07) is 0.177. The maximum atomic E-state index is 5.60. The first-order valence-electron chi connectivity index (χ1n) is 3.46. The molecule has 0 amide bonds. The molecule has 0 aromatic carbocycles. The number of rotatable bonds is 1. The normalized spacial score (nSPS) is 27.0. The molecular weight excluding hydrogens is 208 g/mol. The van der Waals surface area contributed by atoms with Crippen LogP contribution in [-0.4, -0.2) is 29.6 Å². The average Bonchev–Trinajstić information content (AvgIpc) is 1.85. The summed E-state index contributed by atoms with van der Waals surface area (Å²) in [5.74, 6) is 0. The summed E-state index contributed by atoms with van der Waals surface area (Å²) in [6.45, 7) is 2.22. The smallest absolute Gasteiger partial charge is 0.192 e.